The van der Waals surface area contributed by atoms with Crippen molar-refractivity contribution >= 4 is 36.5 Å². The summed E-state index contributed by atoms with van der Waals surface area (Å²) >= 11 is 0. The molecule has 2 rings (SSSR count). The highest BCUT2D eigenvalue weighted by Crippen LogP contribution is 2.05. The molecule has 0 radical (unpaired) electrons. The average molecular weight is 293 g/mol. The Balaban J connectivity index is 0.00000144. The van der Waals surface area contributed by atoms with Gasteiger partial charge in [-0.1, -0.05) is 6.07 Å². The molecule has 2 heterocycles. The quantitative estimate of drug-likeness (QED) is 0.773. The Hall–Kier alpha value is -1.04. The number of amides is 1. The van der Waals surface area contributed by atoms with Gasteiger partial charge < -0.3 is 16.4 Å². The van der Waals surface area contributed by atoms with Crippen LogP contribution < -0.4 is 16.4 Å². The Kier molecular flexibility index (Phi) is 7.66. The largest absolute Gasteiger partial charge is 0.384 e. The summed E-state index contributed by atoms with van der Waals surface area (Å²) in [5, 5.41) is 6.03. The third-order valence-corrected chi connectivity index (χ3v) is 2.69. The SMILES string of the molecule is Cl.Cl.Nc1ccc(CNC(=O)[C@@H]2CCCN2)cn1. The second-order valence-electron chi connectivity index (χ2n) is 3.96. The average Bonchev–Trinajstić information content (AvgIpc) is 2.81. The van der Waals surface area contributed by atoms with Crippen molar-refractivity contribution in [2.45, 2.75) is 25.4 Å². The van der Waals surface area contributed by atoms with Gasteiger partial charge in [-0.15, -0.1) is 24.8 Å². The standard InChI is InChI=1S/C11H16N4O.2ClH/c12-10-4-3-8(6-14-10)7-15-11(16)9-2-1-5-13-9;;/h3-4,6,9,13H,1-2,5,7H2,(H2,12,14)(H,15,16);2*1H/t9-;;/m0../s1. The molecule has 1 saturated heterocycles. The molecule has 4 N–H and O–H groups in total. The first-order valence-corrected chi connectivity index (χ1v) is 5.47. The van der Waals surface area contributed by atoms with Gasteiger partial charge in [0.2, 0.25) is 5.91 Å². The van der Waals surface area contributed by atoms with E-state index in [1.807, 2.05) is 6.07 Å². The van der Waals surface area contributed by atoms with Gasteiger partial charge in [-0.3, -0.25) is 4.79 Å². The molecule has 5 nitrogen and oxygen atoms in total. The lowest BCUT2D eigenvalue weighted by atomic mass is 10.2. The lowest BCUT2D eigenvalue weighted by molar-refractivity contribution is -0.122. The smallest absolute Gasteiger partial charge is 0.237 e. The number of aromatic nitrogens is 1. The molecule has 1 atom stereocenters. The molecule has 1 fully saturated rings. The molecule has 7 heteroatoms. The van der Waals surface area contributed by atoms with Gasteiger partial charge in [0.1, 0.15) is 5.82 Å². The second kappa shape index (κ2) is 8.13. The summed E-state index contributed by atoms with van der Waals surface area (Å²) in [5.41, 5.74) is 6.43. The molecule has 18 heavy (non-hydrogen) atoms. The number of nitrogens with zero attached hydrogens (tertiary/aromatic N) is 1. The Bertz CT molecular complexity index is 366. The summed E-state index contributed by atoms with van der Waals surface area (Å²) < 4.78 is 0. The number of pyridine rings is 1. The highest BCUT2D eigenvalue weighted by atomic mass is 35.5. The Morgan fingerprint density at radius 1 is 1.50 bits per heavy atom. The zero-order valence-corrected chi connectivity index (χ0v) is 11.5. The van der Waals surface area contributed by atoms with Gasteiger partial charge in [0.25, 0.3) is 0 Å². The van der Waals surface area contributed by atoms with Gasteiger partial charge in [0, 0.05) is 12.7 Å². The van der Waals surface area contributed by atoms with Crippen LogP contribution in [0, 0.1) is 0 Å². The fourth-order valence-corrected chi connectivity index (χ4v) is 1.76. The summed E-state index contributed by atoms with van der Waals surface area (Å²) in [6.45, 7) is 1.44. The minimum absolute atomic E-state index is 0. The maximum absolute atomic E-state index is 11.7. The van der Waals surface area contributed by atoms with Crippen molar-refractivity contribution in [1.29, 1.82) is 0 Å². The molecule has 1 amide bonds. The molecule has 1 aromatic heterocycles. The molecule has 0 aromatic carbocycles. The zero-order chi connectivity index (χ0) is 11.4. The van der Waals surface area contributed by atoms with Gasteiger partial charge in [-0.05, 0) is 31.0 Å². The molecule has 0 aliphatic carbocycles. The van der Waals surface area contributed by atoms with Crippen LogP contribution in [0.2, 0.25) is 0 Å². The number of hydrogen-bond donors (Lipinski definition) is 3. The molecule has 1 aliphatic heterocycles. The van der Waals surface area contributed by atoms with Crippen LogP contribution in [0.15, 0.2) is 18.3 Å². The van der Waals surface area contributed by atoms with Crippen LogP contribution in [0.25, 0.3) is 0 Å². The molecular formula is C11H18Cl2N4O. The number of rotatable bonds is 3. The molecule has 0 spiro atoms. The third-order valence-electron chi connectivity index (χ3n) is 2.69. The van der Waals surface area contributed by atoms with Crippen molar-refractivity contribution in [3.05, 3.63) is 23.9 Å². The molecule has 0 bridgehead atoms. The Morgan fingerprint density at radius 2 is 2.28 bits per heavy atom. The molecule has 1 aliphatic rings. The van der Waals surface area contributed by atoms with Gasteiger partial charge in [0.05, 0.1) is 6.04 Å². The second-order valence-corrected chi connectivity index (χ2v) is 3.96. The van der Waals surface area contributed by atoms with E-state index in [1.165, 1.54) is 0 Å². The number of halogens is 2. The van der Waals surface area contributed by atoms with E-state index in [2.05, 4.69) is 15.6 Å². The fourth-order valence-electron chi connectivity index (χ4n) is 1.76. The lowest BCUT2D eigenvalue weighted by Gasteiger charge is -2.10. The topological polar surface area (TPSA) is 80.0 Å². The van der Waals surface area contributed by atoms with Crippen LogP contribution in [-0.4, -0.2) is 23.5 Å². The zero-order valence-electron chi connectivity index (χ0n) is 9.89. The van der Waals surface area contributed by atoms with Gasteiger partial charge in [-0.25, -0.2) is 4.98 Å². The molecule has 1 aromatic rings. The summed E-state index contributed by atoms with van der Waals surface area (Å²) in [6, 6.07) is 3.57. The molecule has 0 saturated carbocycles. The Labute approximate surface area is 119 Å². The van der Waals surface area contributed by atoms with E-state index < -0.39 is 0 Å². The van der Waals surface area contributed by atoms with Gasteiger partial charge >= 0.3 is 0 Å². The molecule has 0 unspecified atom stereocenters. The van der Waals surface area contributed by atoms with E-state index in [1.54, 1.807) is 12.3 Å². The van der Waals surface area contributed by atoms with Gasteiger partial charge in [-0.2, -0.15) is 0 Å². The van der Waals surface area contributed by atoms with E-state index in [9.17, 15) is 4.79 Å². The van der Waals surface area contributed by atoms with Crippen LogP contribution in [0.3, 0.4) is 0 Å². The minimum Gasteiger partial charge on any atom is -0.384 e. The van der Waals surface area contributed by atoms with E-state index >= 15 is 0 Å². The normalized spacial score (nSPS) is 17.4. The van der Waals surface area contributed by atoms with Crippen LogP contribution in [-0.2, 0) is 11.3 Å². The van der Waals surface area contributed by atoms with Crippen molar-refractivity contribution in [3.63, 3.8) is 0 Å². The van der Waals surface area contributed by atoms with Crippen molar-refractivity contribution in [2.24, 2.45) is 0 Å². The summed E-state index contributed by atoms with van der Waals surface area (Å²) in [6.07, 6.45) is 3.67. The molecule has 102 valence electrons. The first-order chi connectivity index (χ1) is 7.75. The van der Waals surface area contributed by atoms with Crippen molar-refractivity contribution in [1.82, 2.24) is 15.6 Å². The van der Waals surface area contributed by atoms with Gasteiger partial charge in [0.15, 0.2) is 0 Å². The van der Waals surface area contributed by atoms with E-state index in [0.717, 1.165) is 24.9 Å². The maximum atomic E-state index is 11.7. The summed E-state index contributed by atoms with van der Waals surface area (Å²) in [5.74, 6) is 0.557. The number of nitrogens with two attached hydrogens (primary N) is 1. The number of carbonyl (C=O) groups excluding carboxylic acids is 1. The summed E-state index contributed by atoms with van der Waals surface area (Å²) in [7, 11) is 0. The first-order valence-electron chi connectivity index (χ1n) is 5.47. The highest BCUT2D eigenvalue weighted by Gasteiger charge is 2.21. The number of anilines is 1. The Morgan fingerprint density at radius 3 is 2.83 bits per heavy atom. The van der Waals surface area contributed by atoms with E-state index in [0.29, 0.717) is 12.4 Å². The van der Waals surface area contributed by atoms with Crippen molar-refractivity contribution in [3.8, 4) is 0 Å². The monoisotopic (exact) mass is 292 g/mol. The van der Waals surface area contributed by atoms with Crippen molar-refractivity contribution < 1.29 is 4.79 Å². The maximum Gasteiger partial charge on any atom is 0.237 e. The number of nitrogens with one attached hydrogen (secondary N) is 2. The molecular weight excluding hydrogens is 275 g/mol. The first kappa shape index (κ1) is 17.0. The number of hydrogen-bond acceptors (Lipinski definition) is 4. The highest BCUT2D eigenvalue weighted by molar-refractivity contribution is 5.85. The van der Waals surface area contributed by atoms with Crippen LogP contribution in [0.4, 0.5) is 5.82 Å². The number of carbonyl (C=O) groups is 1. The van der Waals surface area contributed by atoms with Crippen LogP contribution in [0.5, 0.6) is 0 Å². The fraction of sp³-hybridized carbons (Fsp3) is 0.455. The van der Waals surface area contributed by atoms with Crippen molar-refractivity contribution in [2.75, 3.05) is 12.3 Å². The number of nitrogen functional groups attached to an aromatic ring is 1. The summed E-state index contributed by atoms with van der Waals surface area (Å²) in [4.78, 5) is 15.6. The predicted molar refractivity (Wildman–Crippen MR) is 76.0 cm³/mol. The van der Waals surface area contributed by atoms with Crippen LogP contribution in [0.1, 0.15) is 18.4 Å². The minimum atomic E-state index is -0.0262. The van der Waals surface area contributed by atoms with E-state index in [4.69, 9.17) is 5.73 Å². The predicted octanol–water partition coefficient (Wildman–Crippen LogP) is 0.876. The van der Waals surface area contributed by atoms with E-state index in [-0.39, 0.29) is 36.8 Å². The van der Waals surface area contributed by atoms with Crippen LogP contribution >= 0.6 is 24.8 Å². The third kappa shape index (κ3) is 4.68. The lowest BCUT2D eigenvalue weighted by Crippen LogP contribution is -2.40.